The van der Waals surface area contributed by atoms with Crippen molar-refractivity contribution in [1.29, 1.82) is 0 Å². The first-order valence-electron chi connectivity index (χ1n) is 8.79. The number of nitrogens with zero attached hydrogens (tertiary/aromatic N) is 2. The molecule has 1 fully saturated rings. The molecule has 1 aromatic carbocycles. The highest BCUT2D eigenvalue weighted by Gasteiger charge is 2.35. The lowest BCUT2D eigenvalue weighted by molar-refractivity contribution is 0.0533. The quantitative estimate of drug-likeness (QED) is 0.908. The Morgan fingerprint density at radius 2 is 1.96 bits per heavy atom. The zero-order valence-electron chi connectivity index (χ0n) is 15.0. The zero-order valence-corrected chi connectivity index (χ0v) is 15.0. The molecule has 128 valence electrons. The van der Waals surface area contributed by atoms with Crippen LogP contribution in [0.2, 0.25) is 0 Å². The third kappa shape index (κ3) is 4.05. The second-order valence-corrected chi connectivity index (χ2v) is 7.24. The second-order valence-electron chi connectivity index (χ2n) is 7.24. The fourth-order valence-corrected chi connectivity index (χ4v) is 3.28. The minimum atomic E-state index is -0.0199. The van der Waals surface area contributed by atoms with E-state index < -0.39 is 0 Å². The molecule has 1 aliphatic rings. The van der Waals surface area contributed by atoms with E-state index in [0.29, 0.717) is 0 Å². The molecule has 1 heterocycles. The summed E-state index contributed by atoms with van der Waals surface area (Å²) in [4.78, 5) is 17.0. The number of carbonyl (C=O) groups excluding carboxylic acids is 1. The van der Waals surface area contributed by atoms with Crippen molar-refractivity contribution in [2.75, 3.05) is 31.1 Å². The van der Waals surface area contributed by atoms with Gasteiger partial charge < -0.3 is 15.5 Å². The van der Waals surface area contributed by atoms with Gasteiger partial charge in [-0.05, 0) is 49.4 Å². The molecule has 0 saturated carbocycles. The average molecular weight is 317 g/mol. The third-order valence-corrected chi connectivity index (χ3v) is 4.95. The summed E-state index contributed by atoms with van der Waals surface area (Å²) < 4.78 is 0. The first kappa shape index (κ1) is 17.8. The molecule has 23 heavy (non-hydrogen) atoms. The Morgan fingerprint density at radius 3 is 2.48 bits per heavy atom. The maximum Gasteiger partial charge on any atom is 0.253 e. The van der Waals surface area contributed by atoms with Crippen LogP contribution in [-0.2, 0) is 0 Å². The standard InChI is InChI=1S/C19H31N3O/c1-5-12-21(6-2)16-9-7-15(8-10-16)18(23)22-13-11-17(20)19(3,4)14-22/h7-10,17H,5-6,11-14,20H2,1-4H3. The van der Waals surface area contributed by atoms with E-state index in [1.165, 1.54) is 5.69 Å². The largest absolute Gasteiger partial charge is 0.372 e. The number of amides is 1. The lowest BCUT2D eigenvalue weighted by atomic mass is 9.79. The monoisotopic (exact) mass is 317 g/mol. The van der Waals surface area contributed by atoms with Crippen molar-refractivity contribution in [3.05, 3.63) is 29.8 Å². The SMILES string of the molecule is CCCN(CC)c1ccc(C(=O)N2CCC(N)C(C)(C)C2)cc1. The van der Waals surface area contributed by atoms with Gasteiger partial charge in [0.2, 0.25) is 0 Å². The van der Waals surface area contributed by atoms with Gasteiger partial charge in [0.05, 0.1) is 0 Å². The molecule has 0 aromatic heterocycles. The molecule has 0 spiro atoms. The Labute approximate surface area is 140 Å². The van der Waals surface area contributed by atoms with Crippen molar-refractivity contribution in [2.24, 2.45) is 11.1 Å². The Balaban J connectivity index is 2.08. The van der Waals surface area contributed by atoms with Gasteiger partial charge in [0.15, 0.2) is 0 Å². The molecule has 2 rings (SSSR count). The molecule has 1 atom stereocenters. The van der Waals surface area contributed by atoms with E-state index in [4.69, 9.17) is 5.73 Å². The van der Waals surface area contributed by atoms with Crippen LogP contribution in [0.5, 0.6) is 0 Å². The first-order valence-corrected chi connectivity index (χ1v) is 8.79. The normalized spacial score (nSPS) is 20.4. The molecule has 1 aromatic rings. The van der Waals surface area contributed by atoms with Gasteiger partial charge >= 0.3 is 0 Å². The zero-order chi connectivity index (χ0) is 17.0. The molecule has 1 unspecified atom stereocenters. The molecule has 2 N–H and O–H groups in total. The molecule has 0 radical (unpaired) electrons. The predicted octanol–water partition coefficient (Wildman–Crippen LogP) is 3.12. The molecular weight excluding hydrogens is 286 g/mol. The van der Waals surface area contributed by atoms with E-state index in [9.17, 15) is 4.79 Å². The van der Waals surface area contributed by atoms with Crippen molar-refractivity contribution < 1.29 is 4.79 Å². The number of rotatable bonds is 5. The number of nitrogens with two attached hydrogens (primary N) is 1. The van der Waals surface area contributed by atoms with Gasteiger partial charge in [-0.3, -0.25) is 4.79 Å². The van der Waals surface area contributed by atoms with Gasteiger partial charge in [-0.2, -0.15) is 0 Å². The van der Waals surface area contributed by atoms with E-state index in [-0.39, 0.29) is 17.4 Å². The van der Waals surface area contributed by atoms with Crippen LogP contribution in [0.25, 0.3) is 0 Å². The summed E-state index contributed by atoms with van der Waals surface area (Å²) in [7, 11) is 0. The minimum absolute atomic E-state index is 0.0199. The summed E-state index contributed by atoms with van der Waals surface area (Å²) in [6.45, 7) is 12.1. The van der Waals surface area contributed by atoms with Gasteiger partial charge in [-0.15, -0.1) is 0 Å². The van der Waals surface area contributed by atoms with Crippen molar-refractivity contribution in [2.45, 2.75) is 46.6 Å². The maximum atomic E-state index is 12.7. The van der Waals surface area contributed by atoms with E-state index >= 15 is 0 Å². The molecule has 1 aliphatic heterocycles. The highest BCUT2D eigenvalue weighted by molar-refractivity contribution is 5.94. The average Bonchev–Trinajstić information content (AvgIpc) is 2.54. The molecule has 0 bridgehead atoms. The van der Waals surface area contributed by atoms with E-state index in [0.717, 1.165) is 44.6 Å². The van der Waals surface area contributed by atoms with Gasteiger partial charge in [-0.25, -0.2) is 0 Å². The Morgan fingerprint density at radius 1 is 1.30 bits per heavy atom. The predicted molar refractivity (Wildman–Crippen MR) is 96.9 cm³/mol. The fourth-order valence-electron chi connectivity index (χ4n) is 3.28. The van der Waals surface area contributed by atoms with Crippen molar-refractivity contribution in [3.8, 4) is 0 Å². The highest BCUT2D eigenvalue weighted by Crippen LogP contribution is 2.28. The number of hydrogen-bond donors (Lipinski definition) is 1. The molecule has 4 nitrogen and oxygen atoms in total. The van der Waals surface area contributed by atoms with Gasteiger partial charge in [0.25, 0.3) is 5.91 Å². The van der Waals surface area contributed by atoms with Crippen molar-refractivity contribution in [1.82, 2.24) is 4.90 Å². The lowest BCUT2D eigenvalue weighted by Crippen LogP contribution is -2.53. The summed E-state index contributed by atoms with van der Waals surface area (Å²) in [5, 5.41) is 0. The number of anilines is 1. The fraction of sp³-hybridized carbons (Fsp3) is 0.632. The topological polar surface area (TPSA) is 49.6 Å². The second kappa shape index (κ2) is 7.35. The third-order valence-electron chi connectivity index (χ3n) is 4.95. The number of benzene rings is 1. The van der Waals surface area contributed by atoms with Gasteiger partial charge in [-0.1, -0.05) is 20.8 Å². The molecular formula is C19H31N3O. The Kier molecular flexibility index (Phi) is 5.69. The minimum Gasteiger partial charge on any atom is -0.372 e. The van der Waals surface area contributed by atoms with Crippen LogP contribution in [0.1, 0.15) is 50.9 Å². The smallest absolute Gasteiger partial charge is 0.253 e. The lowest BCUT2D eigenvalue weighted by Gasteiger charge is -2.42. The molecule has 4 heteroatoms. The summed E-state index contributed by atoms with van der Waals surface area (Å²) in [5.74, 6) is 0.120. The summed E-state index contributed by atoms with van der Waals surface area (Å²) in [6.07, 6.45) is 1.99. The molecule has 1 saturated heterocycles. The van der Waals surface area contributed by atoms with Gasteiger partial charge in [0, 0.05) is 43.5 Å². The van der Waals surface area contributed by atoms with Crippen LogP contribution in [0.4, 0.5) is 5.69 Å². The Hall–Kier alpha value is -1.55. The summed E-state index contributed by atoms with van der Waals surface area (Å²) in [6, 6.07) is 8.20. The Bertz CT molecular complexity index is 524. The molecule has 0 aliphatic carbocycles. The van der Waals surface area contributed by atoms with Crippen LogP contribution < -0.4 is 10.6 Å². The maximum absolute atomic E-state index is 12.7. The van der Waals surface area contributed by atoms with Crippen LogP contribution in [0, 0.1) is 5.41 Å². The molecule has 1 amide bonds. The summed E-state index contributed by atoms with van der Waals surface area (Å²) >= 11 is 0. The van der Waals surface area contributed by atoms with E-state index in [1.807, 2.05) is 17.0 Å². The van der Waals surface area contributed by atoms with Crippen LogP contribution in [0.3, 0.4) is 0 Å². The van der Waals surface area contributed by atoms with Crippen LogP contribution in [-0.4, -0.2) is 43.0 Å². The van der Waals surface area contributed by atoms with Crippen molar-refractivity contribution in [3.63, 3.8) is 0 Å². The number of carbonyl (C=O) groups is 1. The van der Waals surface area contributed by atoms with Crippen LogP contribution in [0.15, 0.2) is 24.3 Å². The number of likely N-dealkylation sites (tertiary alicyclic amines) is 1. The van der Waals surface area contributed by atoms with E-state index in [1.54, 1.807) is 0 Å². The number of hydrogen-bond acceptors (Lipinski definition) is 3. The van der Waals surface area contributed by atoms with Crippen LogP contribution >= 0.6 is 0 Å². The first-order chi connectivity index (χ1) is 10.9. The van der Waals surface area contributed by atoms with E-state index in [2.05, 4.69) is 44.7 Å². The highest BCUT2D eigenvalue weighted by atomic mass is 16.2. The number of piperidine rings is 1. The summed E-state index contributed by atoms with van der Waals surface area (Å²) in [5.41, 5.74) is 8.10. The van der Waals surface area contributed by atoms with Crippen molar-refractivity contribution >= 4 is 11.6 Å². The van der Waals surface area contributed by atoms with Gasteiger partial charge in [0.1, 0.15) is 0 Å².